The van der Waals surface area contributed by atoms with Crippen LogP contribution in [0.5, 0.6) is 0 Å². The first-order valence-electron chi connectivity index (χ1n) is 7.83. The molecule has 0 aromatic heterocycles. The maximum Gasteiger partial charge on any atom is -0.0237 e. The van der Waals surface area contributed by atoms with Gasteiger partial charge in [0.1, 0.15) is 0 Å². The summed E-state index contributed by atoms with van der Waals surface area (Å²) in [5, 5.41) is 0. The number of allylic oxidation sites excluding steroid dienone is 1. The molecule has 0 aliphatic heterocycles. The summed E-state index contributed by atoms with van der Waals surface area (Å²) in [4.78, 5) is 0. The van der Waals surface area contributed by atoms with Crippen LogP contribution in [-0.4, -0.2) is 0 Å². The highest BCUT2D eigenvalue weighted by molar-refractivity contribution is 4.93. The van der Waals surface area contributed by atoms with Gasteiger partial charge in [0, 0.05) is 0 Å². The molecule has 0 bridgehead atoms. The molecule has 0 aliphatic rings. The van der Waals surface area contributed by atoms with Crippen molar-refractivity contribution in [3.63, 3.8) is 0 Å². The molecule has 0 radical (unpaired) electrons. The summed E-state index contributed by atoms with van der Waals surface area (Å²) in [7, 11) is 0. The van der Waals surface area contributed by atoms with Gasteiger partial charge in [-0.2, -0.15) is 0 Å². The summed E-state index contributed by atoms with van der Waals surface area (Å²) in [5.41, 5.74) is 1.34. The van der Waals surface area contributed by atoms with Gasteiger partial charge in [0.05, 0.1) is 0 Å². The van der Waals surface area contributed by atoms with E-state index in [0.717, 1.165) is 5.92 Å². The zero-order valence-electron chi connectivity index (χ0n) is 13.9. The lowest BCUT2D eigenvalue weighted by Crippen LogP contribution is -1.94. The van der Waals surface area contributed by atoms with Crippen LogP contribution in [0.2, 0.25) is 0 Å². The lowest BCUT2D eigenvalue weighted by molar-refractivity contribution is 0.525. The smallest absolute Gasteiger partial charge is 0.0237 e. The van der Waals surface area contributed by atoms with Gasteiger partial charge in [-0.3, -0.25) is 0 Å². The second-order valence-electron chi connectivity index (χ2n) is 4.66. The number of unbranched alkanes of at least 4 members (excludes halogenated alkanes) is 6. The van der Waals surface area contributed by atoms with E-state index in [4.69, 9.17) is 0 Å². The molecule has 0 aliphatic carbocycles. The summed E-state index contributed by atoms with van der Waals surface area (Å²) in [6.07, 6.45) is 11.2. The van der Waals surface area contributed by atoms with Crippen LogP contribution in [0.15, 0.2) is 25.3 Å². The number of hydrogen-bond donors (Lipinski definition) is 0. The Kier molecular flexibility index (Phi) is 27.3. The second-order valence-corrected chi connectivity index (χ2v) is 4.66. The van der Waals surface area contributed by atoms with Crippen LogP contribution in [0.3, 0.4) is 0 Å². The first-order valence-corrected chi connectivity index (χ1v) is 7.83. The molecule has 0 nitrogen and oxygen atoms in total. The fraction of sp³-hybridized carbons (Fsp3) is 0.778. The van der Waals surface area contributed by atoms with Crippen LogP contribution in [0, 0.1) is 5.92 Å². The van der Waals surface area contributed by atoms with Crippen molar-refractivity contribution in [3.05, 3.63) is 25.3 Å². The average molecular weight is 255 g/mol. The van der Waals surface area contributed by atoms with Crippen molar-refractivity contribution in [2.24, 2.45) is 5.92 Å². The molecule has 0 saturated heterocycles. The number of hydrogen-bond acceptors (Lipinski definition) is 0. The summed E-state index contributed by atoms with van der Waals surface area (Å²) >= 11 is 0. The first kappa shape index (κ1) is 22.6. The van der Waals surface area contributed by atoms with Crippen molar-refractivity contribution in [2.75, 3.05) is 0 Å². The van der Waals surface area contributed by atoms with Crippen LogP contribution < -0.4 is 0 Å². The summed E-state index contributed by atoms with van der Waals surface area (Å²) < 4.78 is 0. The minimum atomic E-state index is 0.727. The molecule has 0 rings (SSSR count). The predicted molar refractivity (Wildman–Crippen MR) is 89.2 cm³/mol. The predicted octanol–water partition coefficient (Wildman–Crippen LogP) is 7.17. The molecule has 0 spiro atoms. The first-order chi connectivity index (χ1) is 8.68. The zero-order valence-corrected chi connectivity index (χ0v) is 13.9. The van der Waals surface area contributed by atoms with Crippen molar-refractivity contribution >= 4 is 0 Å². The van der Waals surface area contributed by atoms with E-state index < -0.39 is 0 Å². The molecule has 18 heavy (non-hydrogen) atoms. The molecule has 0 aromatic rings. The van der Waals surface area contributed by atoms with Crippen LogP contribution in [-0.2, 0) is 0 Å². The largest absolute Gasteiger partial charge is 0.106 e. The maximum atomic E-state index is 3.99. The van der Waals surface area contributed by atoms with Gasteiger partial charge >= 0.3 is 0 Å². The molecular weight excluding hydrogens is 216 g/mol. The SMILES string of the molecule is C=C.C=C(C)C(C)CCCCCCCCC.CC. The van der Waals surface area contributed by atoms with Gasteiger partial charge in [-0.1, -0.05) is 84.8 Å². The van der Waals surface area contributed by atoms with Crippen molar-refractivity contribution in [1.82, 2.24) is 0 Å². The molecule has 1 atom stereocenters. The highest BCUT2D eigenvalue weighted by Crippen LogP contribution is 2.17. The van der Waals surface area contributed by atoms with Gasteiger partial charge in [-0.25, -0.2) is 0 Å². The molecule has 0 saturated carbocycles. The Hall–Kier alpha value is -0.520. The van der Waals surface area contributed by atoms with E-state index in [1.807, 2.05) is 13.8 Å². The molecule has 0 N–H and O–H groups in total. The molecule has 0 fully saturated rings. The molecule has 0 aromatic carbocycles. The van der Waals surface area contributed by atoms with Crippen molar-refractivity contribution in [2.45, 2.75) is 86.0 Å². The topological polar surface area (TPSA) is 0 Å². The van der Waals surface area contributed by atoms with E-state index in [9.17, 15) is 0 Å². The van der Waals surface area contributed by atoms with Gasteiger partial charge in [-0.05, 0) is 19.3 Å². The molecule has 0 heterocycles. The molecule has 1 unspecified atom stereocenters. The summed E-state index contributed by atoms with van der Waals surface area (Å²) in [5.74, 6) is 0.727. The highest BCUT2D eigenvalue weighted by atomic mass is 14.1. The zero-order chi connectivity index (χ0) is 14.8. The Balaban J connectivity index is -0.000000506. The molecule has 0 heteroatoms. The Morgan fingerprint density at radius 1 is 0.889 bits per heavy atom. The van der Waals surface area contributed by atoms with Crippen LogP contribution in [0.25, 0.3) is 0 Å². The van der Waals surface area contributed by atoms with Crippen LogP contribution >= 0.6 is 0 Å². The fourth-order valence-electron chi connectivity index (χ4n) is 1.65. The molecule has 110 valence electrons. The summed E-state index contributed by atoms with van der Waals surface area (Å²) in [6, 6.07) is 0. The third kappa shape index (κ3) is 20.8. The van der Waals surface area contributed by atoms with Gasteiger partial charge in [0.15, 0.2) is 0 Å². The Morgan fingerprint density at radius 2 is 1.28 bits per heavy atom. The van der Waals surface area contributed by atoms with Crippen molar-refractivity contribution in [1.29, 1.82) is 0 Å². The Morgan fingerprint density at radius 3 is 1.67 bits per heavy atom. The fourth-order valence-corrected chi connectivity index (χ4v) is 1.65. The van der Waals surface area contributed by atoms with Crippen molar-refractivity contribution < 1.29 is 0 Å². The van der Waals surface area contributed by atoms with Crippen LogP contribution in [0.4, 0.5) is 0 Å². The van der Waals surface area contributed by atoms with E-state index in [2.05, 4.69) is 40.5 Å². The van der Waals surface area contributed by atoms with Gasteiger partial charge in [0.25, 0.3) is 0 Å². The maximum absolute atomic E-state index is 3.99. The van der Waals surface area contributed by atoms with Crippen molar-refractivity contribution in [3.8, 4) is 0 Å². The lowest BCUT2D eigenvalue weighted by atomic mass is 9.96. The third-order valence-electron chi connectivity index (χ3n) is 3.08. The van der Waals surface area contributed by atoms with Crippen LogP contribution in [0.1, 0.15) is 86.0 Å². The molecule has 0 amide bonds. The van der Waals surface area contributed by atoms with Gasteiger partial charge in [0.2, 0.25) is 0 Å². The Bertz CT molecular complexity index is 146. The van der Waals surface area contributed by atoms with E-state index >= 15 is 0 Å². The lowest BCUT2D eigenvalue weighted by Gasteiger charge is -2.10. The minimum Gasteiger partial charge on any atom is -0.106 e. The molecular formula is C18H38. The highest BCUT2D eigenvalue weighted by Gasteiger charge is 2.01. The Labute approximate surface area is 118 Å². The van der Waals surface area contributed by atoms with E-state index in [0.29, 0.717) is 0 Å². The second kappa shape index (κ2) is 21.7. The number of rotatable bonds is 9. The van der Waals surface area contributed by atoms with Gasteiger partial charge < -0.3 is 0 Å². The third-order valence-corrected chi connectivity index (χ3v) is 3.08. The van der Waals surface area contributed by atoms with Gasteiger partial charge in [-0.15, -0.1) is 13.2 Å². The summed E-state index contributed by atoms with van der Waals surface area (Å²) in [6.45, 7) is 20.7. The van der Waals surface area contributed by atoms with E-state index in [1.54, 1.807) is 0 Å². The quantitative estimate of drug-likeness (QED) is 0.302. The van der Waals surface area contributed by atoms with E-state index in [-0.39, 0.29) is 0 Å². The normalized spacial score (nSPS) is 10.5. The monoisotopic (exact) mass is 254 g/mol. The average Bonchev–Trinajstić information content (AvgIpc) is 2.42. The standard InChI is InChI=1S/C14H28.C2H6.C2H4/c1-5-6-7-8-9-10-11-12-14(4)13(2)3;2*1-2/h14H,2,5-12H2,1,3-4H3;1-2H3;1-2H2. The van der Waals surface area contributed by atoms with E-state index in [1.165, 1.54) is 56.9 Å². The minimum absolute atomic E-state index is 0.727.